The van der Waals surface area contributed by atoms with Crippen molar-refractivity contribution in [1.82, 2.24) is 0 Å². The van der Waals surface area contributed by atoms with E-state index in [0.29, 0.717) is 23.7 Å². The molecule has 150 valence electrons. The standard InChI is InChI=1S/C24H30O4/c1-6-15-26-21-11-9-20(10-12-21)22(25)13-7-19-8-14-23(27-17(2)3)24(16-19)28-18(4)5/h7-14,16-18H,6,15H2,1-5H3/b13-7+. The number of benzene rings is 2. The number of allylic oxidation sites excluding steroid dienone is 1. The summed E-state index contributed by atoms with van der Waals surface area (Å²) in [6.07, 6.45) is 4.40. The van der Waals surface area contributed by atoms with E-state index in [1.54, 1.807) is 24.3 Å². The summed E-state index contributed by atoms with van der Waals surface area (Å²) in [5.41, 5.74) is 1.50. The summed E-state index contributed by atoms with van der Waals surface area (Å²) in [6, 6.07) is 12.9. The fourth-order valence-corrected chi connectivity index (χ4v) is 2.53. The molecule has 0 amide bonds. The molecule has 4 heteroatoms. The van der Waals surface area contributed by atoms with Crippen LogP contribution in [0.2, 0.25) is 0 Å². The Kier molecular flexibility index (Phi) is 8.12. The van der Waals surface area contributed by atoms with E-state index in [0.717, 1.165) is 17.7 Å². The van der Waals surface area contributed by atoms with Gasteiger partial charge in [-0.3, -0.25) is 4.79 Å². The van der Waals surface area contributed by atoms with Gasteiger partial charge in [0.15, 0.2) is 17.3 Å². The van der Waals surface area contributed by atoms with Gasteiger partial charge in [-0.1, -0.05) is 19.1 Å². The van der Waals surface area contributed by atoms with Crippen molar-refractivity contribution in [2.24, 2.45) is 0 Å². The predicted octanol–water partition coefficient (Wildman–Crippen LogP) is 5.95. The third-order valence-electron chi connectivity index (χ3n) is 3.73. The first-order chi connectivity index (χ1) is 13.4. The van der Waals surface area contributed by atoms with Crippen LogP contribution in [0.4, 0.5) is 0 Å². The Balaban J connectivity index is 2.12. The zero-order valence-electron chi connectivity index (χ0n) is 17.4. The van der Waals surface area contributed by atoms with Crippen LogP contribution < -0.4 is 14.2 Å². The Morgan fingerprint density at radius 2 is 1.57 bits per heavy atom. The lowest BCUT2D eigenvalue weighted by atomic mass is 10.1. The van der Waals surface area contributed by atoms with E-state index < -0.39 is 0 Å². The van der Waals surface area contributed by atoms with Crippen molar-refractivity contribution >= 4 is 11.9 Å². The largest absolute Gasteiger partial charge is 0.494 e. The van der Waals surface area contributed by atoms with Gasteiger partial charge in [0.05, 0.1) is 18.8 Å². The molecular weight excluding hydrogens is 352 g/mol. The average Bonchev–Trinajstić information content (AvgIpc) is 2.66. The molecule has 2 rings (SSSR count). The minimum Gasteiger partial charge on any atom is -0.494 e. The van der Waals surface area contributed by atoms with Crippen LogP contribution in [-0.4, -0.2) is 24.6 Å². The number of ether oxygens (including phenoxy) is 3. The zero-order chi connectivity index (χ0) is 20.5. The summed E-state index contributed by atoms with van der Waals surface area (Å²) in [5.74, 6) is 2.10. The molecule has 0 atom stereocenters. The van der Waals surface area contributed by atoms with E-state index in [9.17, 15) is 4.79 Å². The number of carbonyl (C=O) groups is 1. The van der Waals surface area contributed by atoms with Gasteiger partial charge in [0.2, 0.25) is 0 Å². The maximum absolute atomic E-state index is 12.4. The molecule has 0 aliphatic heterocycles. The molecule has 0 saturated heterocycles. The van der Waals surface area contributed by atoms with Gasteiger partial charge in [0.1, 0.15) is 5.75 Å². The summed E-state index contributed by atoms with van der Waals surface area (Å²) in [4.78, 5) is 12.4. The molecule has 0 unspecified atom stereocenters. The van der Waals surface area contributed by atoms with Gasteiger partial charge in [0.25, 0.3) is 0 Å². The second-order valence-electron chi connectivity index (χ2n) is 7.11. The third kappa shape index (κ3) is 6.76. The highest BCUT2D eigenvalue weighted by molar-refractivity contribution is 6.06. The predicted molar refractivity (Wildman–Crippen MR) is 114 cm³/mol. The van der Waals surface area contributed by atoms with Crippen molar-refractivity contribution in [3.63, 3.8) is 0 Å². The molecule has 28 heavy (non-hydrogen) atoms. The minimum absolute atomic E-state index is 0.0313. The van der Waals surface area contributed by atoms with Crippen molar-refractivity contribution in [2.75, 3.05) is 6.61 Å². The van der Waals surface area contributed by atoms with Crippen LogP contribution in [-0.2, 0) is 0 Å². The maximum atomic E-state index is 12.4. The fourth-order valence-electron chi connectivity index (χ4n) is 2.53. The van der Waals surface area contributed by atoms with Crippen molar-refractivity contribution in [3.8, 4) is 17.2 Å². The molecule has 0 aliphatic carbocycles. The highest BCUT2D eigenvalue weighted by Crippen LogP contribution is 2.30. The van der Waals surface area contributed by atoms with E-state index in [1.165, 1.54) is 0 Å². The number of ketones is 1. The monoisotopic (exact) mass is 382 g/mol. The molecule has 0 spiro atoms. The first kappa shape index (κ1) is 21.5. The maximum Gasteiger partial charge on any atom is 0.185 e. The van der Waals surface area contributed by atoms with E-state index >= 15 is 0 Å². The van der Waals surface area contributed by atoms with Gasteiger partial charge >= 0.3 is 0 Å². The van der Waals surface area contributed by atoms with E-state index in [1.807, 2.05) is 58.0 Å². The van der Waals surface area contributed by atoms with Crippen LogP contribution in [0.3, 0.4) is 0 Å². The molecule has 0 bridgehead atoms. The molecule has 0 saturated carbocycles. The molecule has 0 heterocycles. The van der Waals surface area contributed by atoms with Crippen LogP contribution in [0.1, 0.15) is 57.0 Å². The van der Waals surface area contributed by atoms with Crippen LogP contribution in [0.25, 0.3) is 6.08 Å². The molecule has 0 aromatic heterocycles. The molecule has 2 aromatic rings. The van der Waals surface area contributed by atoms with Gasteiger partial charge in [-0.25, -0.2) is 0 Å². The van der Waals surface area contributed by atoms with Gasteiger partial charge in [-0.15, -0.1) is 0 Å². The lowest BCUT2D eigenvalue weighted by Gasteiger charge is -2.17. The van der Waals surface area contributed by atoms with Crippen molar-refractivity contribution in [1.29, 1.82) is 0 Å². The summed E-state index contributed by atoms with van der Waals surface area (Å²) >= 11 is 0. The third-order valence-corrected chi connectivity index (χ3v) is 3.73. The number of hydrogen-bond donors (Lipinski definition) is 0. The van der Waals surface area contributed by atoms with E-state index in [4.69, 9.17) is 14.2 Å². The van der Waals surface area contributed by atoms with Crippen molar-refractivity contribution < 1.29 is 19.0 Å². The molecule has 0 N–H and O–H groups in total. The highest BCUT2D eigenvalue weighted by Gasteiger charge is 2.10. The first-order valence-electron chi connectivity index (χ1n) is 9.81. The van der Waals surface area contributed by atoms with Crippen LogP contribution in [0, 0.1) is 0 Å². The van der Waals surface area contributed by atoms with E-state index in [2.05, 4.69) is 6.92 Å². The molecule has 0 radical (unpaired) electrons. The fraction of sp³-hybridized carbons (Fsp3) is 0.375. The summed E-state index contributed by atoms with van der Waals surface area (Å²) in [6.45, 7) is 10.6. The lowest BCUT2D eigenvalue weighted by Crippen LogP contribution is -2.10. The average molecular weight is 383 g/mol. The first-order valence-corrected chi connectivity index (χ1v) is 9.81. The van der Waals surface area contributed by atoms with Crippen molar-refractivity contribution in [2.45, 2.75) is 53.2 Å². The molecule has 4 nitrogen and oxygen atoms in total. The summed E-state index contributed by atoms with van der Waals surface area (Å²) in [5, 5.41) is 0. The minimum atomic E-state index is -0.0594. The Morgan fingerprint density at radius 3 is 2.18 bits per heavy atom. The Morgan fingerprint density at radius 1 is 0.929 bits per heavy atom. The Bertz CT molecular complexity index is 789. The topological polar surface area (TPSA) is 44.8 Å². The highest BCUT2D eigenvalue weighted by atomic mass is 16.5. The lowest BCUT2D eigenvalue weighted by molar-refractivity contribution is 0.104. The second-order valence-corrected chi connectivity index (χ2v) is 7.11. The Hall–Kier alpha value is -2.75. The summed E-state index contributed by atoms with van der Waals surface area (Å²) in [7, 11) is 0. The molecule has 0 fully saturated rings. The smallest absolute Gasteiger partial charge is 0.185 e. The molecular formula is C24H30O4. The van der Waals surface area contributed by atoms with Gasteiger partial charge in [0, 0.05) is 5.56 Å². The van der Waals surface area contributed by atoms with Gasteiger partial charge in [-0.2, -0.15) is 0 Å². The Labute approximate surface area is 168 Å². The van der Waals surface area contributed by atoms with E-state index in [-0.39, 0.29) is 18.0 Å². The zero-order valence-corrected chi connectivity index (χ0v) is 17.4. The van der Waals surface area contributed by atoms with Crippen LogP contribution >= 0.6 is 0 Å². The molecule has 2 aromatic carbocycles. The van der Waals surface area contributed by atoms with Gasteiger partial charge < -0.3 is 14.2 Å². The number of carbonyl (C=O) groups excluding carboxylic acids is 1. The second kappa shape index (κ2) is 10.5. The summed E-state index contributed by atoms with van der Waals surface area (Å²) < 4.78 is 17.2. The quantitative estimate of drug-likeness (QED) is 0.376. The SMILES string of the molecule is CCCOc1ccc(C(=O)/C=C/c2ccc(OC(C)C)c(OC(C)C)c2)cc1. The van der Waals surface area contributed by atoms with Crippen molar-refractivity contribution in [3.05, 3.63) is 59.7 Å². The number of hydrogen-bond acceptors (Lipinski definition) is 4. The van der Waals surface area contributed by atoms with Crippen LogP contribution in [0.15, 0.2) is 48.5 Å². The van der Waals surface area contributed by atoms with Crippen LogP contribution in [0.5, 0.6) is 17.2 Å². The normalized spacial score (nSPS) is 11.2. The van der Waals surface area contributed by atoms with Gasteiger partial charge in [-0.05, 0) is 82.2 Å². The number of rotatable bonds is 10. The molecule has 0 aliphatic rings.